The number of thiazole rings is 1. The van der Waals surface area contributed by atoms with Gasteiger partial charge in [-0.3, -0.25) is 9.48 Å². The Labute approximate surface area is 155 Å². The molecular weight excluding hydrogens is 346 g/mol. The average molecular weight is 367 g/mol. The van der Waals surface area contributed by atoms with E-state index in [-0.39, 0.29) is 11.9 Å². The summed E-state index contributed by atoms with van der Waals surface area (Å²) in [4.78, 5) is 19.9. The lowest BCUT2D eigenvalue weighted by molar-refractivity contribution is 0.0728. The second-order valence-electron chi connectivity index (χ2n) is 6.95. The van der Waals surface area contributed by atoms with E-state index in [4.69, 9.17) is 4.98 Å². The van der Waals surface area contributed by atoms with Crippen LogP contribution in [0, 0.1) is 0 Å². The summed E-state index contributed by atoms with van der Waals surface area (Å²) in [6, 6.07) is 10.2. The quantitative estimate of drug-likeness (QED) is 0.756. The molecular formula is C19H21N5OS. The maximum Gasteiger partial charge on any atom is 0.274 e. The molecule has 2 aliphatic rings. The zero-order valence-corrected chi connectivity index (χ0v) is 15.3. The first-order valence-corrected chi connectivity index (χ1v) is 10.0. The van der Waals surface area contributed by atoms with Gasteiger partial charge in [-0.2, -0.15) is 5.10 Å². The largest absolute Gasteiger partial charge is 0.328 e. The van der Waals surface area contributed by atoms with Crippen LogP contribution in [-0.4, -0.2) is 38.7 Å². The van der Waals surface area contributed by atoms with Gasteiger partial charge < -0.3 is 10.2 Å². The lowest BCUT2D eigenvalue weighted by atomic mass is 10.2. The molecule has 1 aromatic carbocycles. The number of fused-ring (bicyclic) bond motifs is 2. The fraction of sp³-hybridized carbons (Fsp3) is 0.421. The first-order valence-electron chi connectivity index (χ1n) is 9.23. The molecule has 1 N–H and O–H groups in total. The maximum atomic E-state index is 13.2. The Morgan fingerprint density at radius 3 is 3.08 bits per heavy atom. The van der Waals surface area contributed by atoms with E-state index < -0.39 is 0 Å². The van der Waals surface area contributed by atoms with Crippen molar-refractivity contribution in [2.45, 2.75) is 38.4 Å². The molecule has 1 unspecified atom stereocenters. The van der Waals surface area contributed by atoms with Gasteiger partial charge in [-0.05, 0) is 44.0 Å². The van der Waals surface area contributed by atoms with Gasteiger partial charge in [0.2, 0.25) is 0 Å². The Morgan fingerprint density at radius 2 is 2.15 bits per heavy atom. The van der Waals surface area contributed by atoms with Gasteiger partial charge in [0, 0.05) is 19.6 Å². The Hall–Kier alpha value is -2.25. The number of aromatic nitrogens is 3. The van der Waals surface area contributed by atoms with Crippen molar-refractivity contribution in [2.75, 3.05) is 13.1 Å². The summed E-state index contributed by atoms with van der Waals surface area (Å²) in [6.45, 7) is 3.43. The minimum Gasteiger partial charge on any atom is -0.328 e. The monoisotopic (exact) mass is 367 g/mol. The summed E-state index contributed by atoms with van der Waals surface area (Å²) in [5.74, 6) is 0.0346. The van der Waals surface area contributed by atoms with Crippen molar-refractivity contribution >= 4 is 27.5 Å². The van der Waals surface area contributed by atoms with Crippen molar-refractivity contribution in [3.8, 4) is 0 Å². The number of hydrogen-bond donors (Lipinski definition) is 1. The third-order valence-electron chi connectivity index (χ3n) is 5.22. The fourth-order valence-corrected chi connectivity index (χ4v) is 5.03. The summed E-state index contributed by atoms with van der Waals surface area (Å²) in [5, 5.41) is 9.02. The minimum atomic E-state index is 0.0346. The van der Waals surface area contributed by atoms with Gasteiger partial charge >= 0.3 is 0 Å². The van der Waals surface area contributed by atoms with E-state index in [1.807, 2.05) is 33.8 Å². The van der Waals surface area contributed by atoms with E-state index in [0.717, 1.165) is 61.7 Å². The normalized spacial score (nSPS) is 20.3. The second kappa shape index (κ2) is 6.48. The van der Waals surface area contributed by atoms with E-state index >= 15 is 0 Å². The minimum absolute atomic E-state index is 0.0346. The summed E-state index contributed by atoms with van der Waals surface area (Å²) in [7, 11) is 0. The molecule has 0 radical (unpaired) electrons. The second-order valence-corrected chi connectivity index (χ2v) is 8.01. The van der Waals surface area contributed by atoms with Crippen LogP contribution in [0.25, 0.3) is 10.2 Å². The zero-order valence-electron chi connectivity index (χ0n) is 14.5. The molecule has 7 heteroatoms. The lowest BCUT2D eigenvalue weighted by Crippen LogP contribution is -2.31. The molecule has 4 heterocycles. The number of nitrogens with zero attached hydrogens (tertiary/aromatic N) is 4. The highest BCUT2D eigenvalue weighted by Gasteiger charge is 2.34. The van der Waals surface area contributed by atoms with Crippen LogP contribution in [0.1, 0.15) is 46.5 Å². The SMILES string of the molecule is O=C(c1cc2n(n1)CCCNC2)N1CCCC1c1nc2ccccc2s1. The van der Waals surface area contributed by atoms with Crippen molar-refractivity contribution in [3.05, 3.63) is 46.7 Å². The molecule has 0 aliphatic carbocycles. The number of nitrogens with one attached hydrogen (secondary N) is 1. The lowest BCUT2D eigenvalue weighted by Gasteiger charge is -2.22. The van der Waals surface area contributed by atoms with Crippen LogP contribution in [0.4, 0.5) is 0 Å². The molecule has 2 aromatic heterocycles. The first kappa shape index (κ1) is 16.0. The predicted octanol–water partition coefficient (Wildman–Crippen LogP) is 2.96. The molecule has 1 fully saturated rings. The highest BCUT2D eigenvalue weighted by atomic mass is 32.1. The third-order valence-corrected chi connectivity index (χ3v) is 6.36. The van der Waals surface area contributed by atoms with E-state index in [2.05, 4.69) is 16.5 Å². The summed E-state index contributed by atoms with van der Waals surface area (Å²) in [6.07, 6.45) is 3.03. The molecule has 0 bridgehead atoms. The molecule has 1 atom stereocenters. The number of aryl methyl sites for hydroxylation is 1. The molecule has 0 spiro atoms. The molecule has 2 aliphatic heterocycles. The summed E-state index contributed by atoms with van der Waals surface area (Å²) < 4.78 is 3.16. The van der Waals surface area contributed by atoms with Crippen LogP contribution in [0.3, 0.4) is 0 Å². The fourth-order valence-electron chi connectivity index (χ4n) is 3.91. The molecule has 3 aromatic rings. The third kappa shape index (κ3) is 2.71. The Balaban J connectivity index is 1.44. The van der Waals surface area contributed by atoms with Crippen LogP contribution in [0.2, 0.25) is 0 Å². The average Bonchev–Trinajstić information content (AvgIpc) is 3.36. The number of benzene rings is 1. The van der Waals surface area contributed by atoms with Gasteiger partial charge in [0.25, 0.3) is 5.91 Å². The zero-order chi connectivity index (χ0) is 17.5. The summed E-state index contributed by atoms with van der Waals surface area (Å²) in [5.41, 5.74) is 2.69. The number of carbonyl (C=O) groups excluding carboxylic acids is 1. The number of likely N-dealkylation sites (tertiary alicyclic amines) is 1. The van der Waals surface area contributed by atoms with E-state index in [1.54, 1.807) is 11.3 Å². The number of para-hydroxylation sites is 1. The number of hydrogen-bond acceptors (Lipinski definition) is 5. The van der Waals surface area contributed by atoms with Crippen LogP contribution < -0.4 is 5.32 Å². The van der Waals surface area contributed by atoms with Crippen LogP contribution in [-0.2, 0) is 13.1 Å². The predicted molar refractivity (Wildman–Crippen MR) is 101 cm³/mol. The van der Waals surface area contributed by atoms with Gasteiger partial charge in [0.05, 0.1) is 22.0 Å². The van der Waals surface area contributed by atoms with Crippen molar-refractivity contribution in [2.24, 2.45) is 0 Å². The summed E-state index contributed by atoms with van der Waals surface area (Å²) >= 11 is 1.70. The van der Waals surface area contributed by atoms with Crippen molar-refractivity contribution in [1.29, 1.82) is 0 Å². The standard InChI is InChI=1S/C19H21N5OS/c25-19(15-11-13-12-20-8-4-10-24(13)22-15)23-9-3-6-16(23)18-21-14-5-1-2-7-17(14)26-18/h1-2,5,7,11,16,20H,3-4,6,8-10,12H2. The van der Waals surface area contributed by atoms with Gasteiger partial charge in [0.1, 0.15) is 5.01 Å². The molecule has 0 saturated carbocycles. The van der Waals surface area contributed by atoms with Crippen molar-refractivity contribution in [1.82, 2.24) is 25.0 Å². The number of amides is 1. The highest BCUT2D eigenvalue weighted by molar-refractivity contribution is 7.18. The van der Waals surface area contributed by atoms with Crippen LogP contribution in [0.5, 0.6) is 0 Å². The molecule has 134 valence electrons. The van der Waals surface area contributed by atoms with Crippen LogP contribution in [0.15, 0.2) is 30.3 Å². The Bertz CT molecular complexity index is 905. The number of rotatable bonds is 2. The molecule has 1 amide bonds. The van der Waals surface area contributed by atoms with E-state index in [1.165, 1.54) is 4.70 Å². The first-order chi connectivity index (χ1) is 12.8. The number of carbonyl (C=O) groups is 1. The Morgan fingerprint density at radius 1 is 1.23 bits per heavy atom. The van der Waals surface area contributed by atoms with Crippen molar-refractivity contribution < 1.29 is 4.79 Å². The Kier molecular flexibility index (Phi) is 3.98. The van der Waals surface area contributed by atoms with E-state index in [9.17, 15) is 4.79 Å². The molecule has 1 saturated heterocycles. The maximum absolute atomic E-state index is 13.2. The highest BCUT2D eigenvalue weighted by Crippen LogP contribution is 2.37. The van der Waals surface area contributed by atoms with Gasteiger partial charge in [-0.1, -0.05) is 12.1 Å². The molecule has 26 heavy (non-hydrogen) atoms. The topological polar surface area (TPSA) is 63.1 Å². The molecule has 6 nitrogen and oxygen atoms in total. The van der Waals surface area contributed by atoms with Gasteiger partial charge in [-0.25, -0.2) is 4.98 Å². The van der Waals surface area contributed by atoms with E-state index in [0.29, 0.717) is 5.69 Å². The van der Waals surface area contributed by atoms with Crippen molar-refractivity contribution in [3.63, 3.8) is 0 Å². The van der Waals surface area contributed by atoms with Gasteiger partial charge in [0.15, 0.2) is 5.69 Å². The molecule has 5 rings (SSSR count). The van der Waals surface area contributed by atoms with Gasteiger partial charge in [-0.15, -0.1) is 11.3 Å². The smallest absolute Gasteiger partial charge is 0.274 e. The van der Waals surface area contributed by atoms with Crippen LogP contribution >= 0.6 is 11.3 Å².